The van der Waals surface area contributed by atoms with E-state index in [4.69, 9.17) is 16.3 Å². The van der Waals surface area contributed by atoms with Gasteiger partial charge in [0.05, 0.1) is 12.1 Å². The minimum Gasteiger partial charge on any atom is -0.497 e. The van der Waals surface area contributed by atoms with Crippen molar-refractivity contribution < 1.29 is 23.5 Å². The molecule has 0 aliphatic heterocycles. The molecule has 0 aliphatic carbocycles. The summed E-state index contributed by atoms with van der Waals surface area (Å²) in [4.78, 5) is 40.9. The Labute approximate surface area is 280 Å². The molecule has 5 aromatic rings. The quantitative estimate of drug-likeness (QED) is 0.0973. The minimum atomic E-state index is -0.695. The van der Waals surface area contributed by atoms with Crippen LogP contribution in [0.1, 0.15) is 26.7 Å². The van der Waals surface area contributed by atoms with Crippen LogP contribution in [0.4, 0.5) is 15.8 Å². The summed E-state index contributed by atoms with van der Waals surface area (Å²) in [6.45, 7) is 0. The van der Waals surface area contributed by atoms with Gasteiger partial charge in [-0.1, -0.05) is 78.3 Å². The third-order valence-electron chi connectivity index (χ3n) is 6.81. The van der Waals surface area contributed by atoms with Crippen molar-refractivity contribution in [3.8, 4) is 5.75 Å². The van der Waals surface area contributed by atoms with Crippen LogP contribution in [-0.2, 0) is 9.59 Å². The molecule has 0 fully saturated rings. The molecule has 3 amide bonds. The van der Waals surface area contributed by atoms with Gasteiger partial charge in [-0.05, 0) is 77.9 Å². The lowest BCUT2D eigenvalue weighted by atomic mass is 10.1. The Kier molecular flexibility index (Phi) is 11.1. The predicted octanol–water partition coefficient (Wildman–Crippen LogP) is 8.37. The fourth-order valence-electron chi connectivity index (χ4n) is 4.50. The zero-order chi connectivity index (χ0) is 33.2. The van der Waals surface area contributed by atoms with Crippen molar-refractivity contribution in [2.24, 2.45) is 0 Å². The van der Waals surface area contributed by atoms with E-state index in [0.717, 1.165) is 5.56 Å². The Balaban J connectivity index is 1.38. The van der Waals surface area contributed by atoms with E-state index in [-0.39, 0.29) is 16.6 Å². The highest BCUT2D eigenvalue weighted by Crippen LogP contribution is 2.37. The molecule has 5 rings (SSSR count). The van der Waals surface area contributed by atoms with E-state index in [9.17, 15) is 18.8 Å². The predicted molar refractivity (Wildman–Crippen MR) is 185 cm³/mol. The monoisotopic (exact) mass is 665 g/mol. The maximum atomic E-state index is 13.7. The molecule has 10 heteroatoms. The fourth-order valence-corrected chi connectivity index (χ4v) is 5.77. The lowest BCUT2D eigenvalue weighted by molar-refractivity contribution is -0.116. The molecular weight excluding hydrogens is 637 g/mol. The molecule has 0 spiro atoms. The fraction of sp³-hybridized carbons (Fsp3) is 0.0541. The third-order valence-corrected chi connectivity index (χ3v) is 8.34. The number of carbonyl (C=O) groups is 3. The van der Waals surface area contributed by atoms with E-state index in [2.05, 4.69) is 16.0 Å². The number of hydrogen-bond acceptors (Lipinski definition) is 5. The average Bonchev–Trinajstić information content (AvgIpc) is 3.09. The molecule has 0 saturated heterocycles. The van der Waals surface area contributed by atoms with Crippen molar-refractivity contribution in [1.29, 1.82) is 0 Å². The number of carbonyl (C=O) groups excluding carboxylic acids is 3. The van der Waals surface area contributed by atoms with Gasteiger partial charge in [0.15, 0.2) is 0 Å². The Morgan fingerprint density at radius 3 is 2.21 bits per heavy atom. The highest BCUT2D eigenvalue weighted by atomic mass is 35.5. The molecule has 236 valence electrons. The highest BCUT2D eigenvalue weighted by Gasteiger charge is 2.23. The number of rotatable bonds is 11. The van der Waals surface area contributed by atoms with Crippen molar-refractivity contribution in [2.45, 2.75) is 10.1 Å². The summed E-state index contributed by atoms with van der Waals surface area (Å²) >= 11 is 7.20. The summed E-state index contributed by atoms with van der Waals surface area (Å²) in [6.07, 6.45) is 1.56. The summed E-state index contributed by atoms with van der Waals surface area (Å²) < 4.78 is 19.0. The second-order valence-electron chi connectivity index (χ2n) is 10.2. The van der Waals surface area contributed by atoms with Crippen molar-refractivity contribution in [3.63, 3.8) is 0 Å². The van der Waals surface area contributed by atoms with Crippen LogP contribution in [0.5, 0.6) is 5.75 Å². The van der Waals surface area contributed by atoms with Gasteiger partial charge >= 0.3 is 0 Å². The summed E-state index contributed by atoms with van der Waals surface area (Å²) in [7, 11) is 1.54. The van der Waals surface area contributed by atoms with E-state index < -0.39 is 22.9 Å². The lowest BCUT2D eigenvalue weighted by Crippen LogP contribution is -2.30. The molecular formula is C37H29ClFN3O4S. The van der Waals surface area contributed by atoms with E-state index in [1.54, 1.807) is 86.0 Å². The Bertz CT molecular complexity index is 1920. The van der Waals surface area contributed by atoms with Gasteiger partial charge in [-0.3, -0.25) is 14.4 Å². The number of anilines is 2. The number of methoxy groups -OCH3 is 1. The smallest absolute Gasteiger partial charge is 0.272 e. The van der Waals surface area contributed by atoms with Crippen molar-refractivity contribution in [2.75, 3.05) is 17.7 Å². The Morgan fingerprint density at radius 2 is 1.49 bits per heavy atom. The Hall–Kier alpha value is -5.38. The maximum Gasteiger partial charge on any atom is 0.272 e. The van der Waals surface area contributed by atoms with Gasteiger partial charge in [0.25, 0.3) is 11.8 Å². The Morgan fingerprint density at radius 1 is 0.787 bits per heavy atom. The van der Waals surface area contributed by atoms with Crippen LogP contribution >= 0.6 is 23.4 Å². The van der Waals surface area contributed by atoms with Crippen LogP contribution in [0.2, 0.25) is 5.02 Å². The lowest BCUT2D eigenvalue weighted by Gasteiger charge is -2.18. The van der Waals surface area contributed by atoms with Gasteiger partial charge in [-0.15, -0.1) is 11.8 Å². The minimum absolute atomic E-state index is 0.0182. The van der Waals surface area contributed by atoms with Gasteiger partial charge < -0.3 is 20.7 Å². The first-order valence-electron chi connectivity index (χ1n) is 14.4. The van der Waals surface area contributed by atoms with E-state index in [0.29, 0.717) is 33.1 Å². The van der Waals surface area contributed by atoms with Crippen LogP contribution < -0.4 is 20.7 Å². The first-order valence-corrected chi connectivity index (χ1v) is 15.7. The van der Waals surface area contributed by atoms with Gasteiger partial charge in [-0.2, -0.15) is 0 Å². The summed E-state index contributed by atoms with van der Waals surface area (Å²) in [6, 6.07) is 35.9. The molecule has 0 radical (unpaired) electrons. The molecule has 0 saturated carbocycles. The van der Waals surface area contributed by atoms with Gasteiger partial charge in [0.2, 0.25) is 5.91 Å². The number of hydrogen-bond donors (Lipinski definition) is 3. The molecule has 0 aliphatic rings. The summed E-state index contributed by atoms with van der Waals surface area (Å²) in [5, 5.41) is 7.62. The maximum absolute atomic E-state index is 13.7. The number of thioether (sulfide) groups is 1. The summed E-state index contributed by atoms with van der Waals surface area (Å²) in [5.74, 6) is -1.33. The molecule has 0 aromatic heterocycles. The molecule has 0 bridgehead atoms. The van der Waals surface area contributed by atoms with Crippen molar-refractivity contribution >= 4 is 58.5 Å². The first-order chi connectivity index (χ1) is 22.8. The SMILES string of the molecule is COc1cccc(/C=C(\NC(=O)c2ccccc2)C(=O)Nc2cccc(SC(C(=O)Nc3ccc(F)c(Cl)c3)c3ccccc3)c2)c1. The zero-order valence-electron chi connectivity index (χ0n) is 25.1. The number of benzene rings is 5. The molecule has 7 nitrogen and oxygen atoms in total. The van der Waals surface area contributed by atoms with Crippen LogP contribution in [0.3, 0.4) is 0 Å². The molecule has 1 atom stereocenters. The number of ether oxygens (including phenoxy) is 1. The molecule has 1 unspecified atom stereocenters. The van der Waals surface area contributed by atoms with Gasteiger partial charge in [0, 0.05) is 21.8 Å². The van der Waals surface area contributed by atoms with E-state index >= 15 is 0 Å². The number of halogens is 2. The largest absolute Gasteiger partial charge is 0.497 e. The van der Waals surface area contributed by atoms with Crippen molar-refractivity contribution in [1.82, 2.24) is 5.32 Å². The molecule has 47 heavy (non-hydrogen) atoms. The van der Waals surface area contributed by atoms with Crippen LogP contribution in [-0.4, -0.2) is 24.8 Å². The third kappa shape index (κ3) is 9.09. The summed E-state index contributed by atoms with van der Waals surface area (Å²) in [5.41, 5.74) is 2.60. The molecule has 3 N–H and O–H groups in total. The normalized spacial score (nSPS) is 11.7. The van der Waals surface area contributed by atoms with E-state index in [1.807, 2.05) is 36.4 Å². The van der Waals surface area contributed by atoms with Crippen LogP contribution in [0.15, 0.2) is 138 Å². The van der Waals surface area contributed by atoms with E-state index in [1.165, 1.54) is 30.0 Å². The van der Waals surface area contributed by atoms with Gasteiger partial charge in [0.1, 0.15) is 22.5 Å². The highest BCUT2D eigenvalue weighted by molar-refractivity contribution is 8.00. The standard InChI is InChI=1S/C37H29ClFN3O4S/c1-46-29-16-8-10-24(20-29)21-33(42-35(43)26-13-6-3-7-14-26)36(44)40-27-15-9-17-30(22-27)47-34(25-11-4-2-5-12-25)37(45)41-28-18-19-32(39)31(38)23-28/h2-23,34H,1H3,(H,40,44)(H,41,45)(H,42,43)/b33-21-. The van der Waals surface area contributed by atoms with Gasteiger partial charge in [-0.25, -0.2) is 4.39 Å². The number of nitrogens with one attached hydrogen (secondary N) is 3. The average molecular weight is 666 g/mol. The first kappa shape index (κ1) is 33.0. The topological polar surface area (TPSA) is 96.5 Å². The molecule has 0 heterocycles. The number of amides is 3. The molecule has 5 aromatic carbocycles. The second kappa shape index (κ2) is 15.8. The van der Waals surface area contributed by atoms with Crippen LogP contribution in [0, 0.1) is 5.82 Å². The zero-order valence-corrected chi connectivity index (χ0v) is 26.6. The van der Waals surface area contributed by atoms with Crippen molar-refractivity contribution in [3.05, 3.63) is 161 Å². The second-order valence-corrected chi connectivity index (χ2v) is 11.7. The van der Waals surface area contributed by atoms with Crippen LogP contribution in [0.25, 0.3) is 6.08 Å².